The van der Waals surface area contributed by atoms with Crippen LogP contribution in [0.1, 0.15) is 5.56 Å². The summed E-state index contributed by atoms with van der Waals surface area (Å²) in [7, 11) is -4.03. The number of amides is 1. The Balaban J connectivity index is 1.96. The van der Waals surface area contributed by atoms with Crippen LogP contribution < -0.4 is 9.62 Å². The molecule has 0 spiro atoms. The number of carbonyl (C=O) groups excluding carboxylic acids is 1. The van der Waals surface area contributed by atoms with E-state index in [-0.39, 0.29) is 20.6 Å². The molecule has 0 saturated carbocycles. The molecule has 0 aliphatic heterocycles. The maximum absolute atomic E-state index is 13.4. The zero-order valence-corrected chi connectivity index (χ0v) is 19.9. The third-order valence-corrected chi connectivity index (χ3v) is 7.69. The summed E-state index contributed by atoms with van der Waals surface area (Å²) in [6.45, 7) is 1.43. The number of benzene rings is 3. The van der Waals surface area contributed by atoms with Crippen LogP contribution >= 0.6 is 35.0 Å². The molecule has 31 heavy (non-hydrogen) atoms. The quantitative estimate of drug-likeness (QED) is 0.417. The minimum absolute atomic E-state index is 0.0707. The fourth-order valence-electron chi connectivity index (χ4n) is 2.82. The Bertz CT molecular complexity index is 1200. The molecule has 0 saturated heterocycles. The lowest BCUT2D eigenvalue weighted by atomic mass is 10.2. The Hall–Kier alpha value is -2.19. The lowest BCUT2D eigenvalue weighted by Crippen LogP contribution is -2.38. The highest BCUT2D eigenvalue weighted by Gasteiger charge is 2.27. The smallest absolute Gasteiger partial charge is 0.264 e. The predicted molar refractivity (Wildman–Crippen MR) is 129 cm³/mol. The number of rotatable bonds is 7. The van der Waals surface area contributed by atoms with E-state index in [2.05, 4.69) is 5.32 Å². The van der Waals surface area contributed by atoms with Crippen LogP contribution in [0, 0.1) is 6.92 Å². The van der Waals surface area contributed by atoms with Gasteiger partial charge < -0.3 is 5.32 Å². The molecule has 1 N–H and O–H groups in total. The Morgan fingerprint density at radius 1 is 1.00 bits per heavy atom. The van der Waals surface area contributed by atoms with Gasteiger partial charge >= 0.3 is 0 Å². The molecule has 0 radical (unpaired) electrons. The van der Waals surface area contributed by atoms with Crippen LogP contribution in [0.2, 0.25) is 10.0 Å². The van der Waals surface area contributed by atoms with Crippen LogP contribution in [-0.2, 0) is 14.8 Å². The lowest BCUT2D eigenvalue weighted by Gasteiger charge is -2.24. The number of carbonyl (C=O) groups is 1. The highest BCUT2D eigenvalue weighted by molar-refractivity contribution is 7.98. The van der Waals surface area contributed by atoms with Crippen LogP contribution in [-0.4, -0.2) is 27.1 Å². The fraction of sp³-hybridized carbons (Fsp3) is 0.136. The number of hydrogen-bond donors (Lipinski definition) is 1. The molecule has 1 amide bonds. The molecular weight excluding hydrogens is 475 g/mol. The maximum atomic E-state index is 13.4. The highest BCUT2D eigenvalue weighted by atomic mass is 35.5. The molecule has 0 unspecified atom stereocenters. The number of thioether (sulfide) groups is 1. The molecular formula is C22H20Cl2N2O3S2. The molecule has 0 aromatic heterocycles. The topological polar surface area (TPSA) is 66.5 Å². The van der Waals surface area contributed by atoms with Crippen molar-refractivity contribution in [3.05, 3.63) is 82.3 Å². The van der Waals surface area contributed by atoms with Gasteiger partial charge in [-0.05, 0) is 61.7 Å². The second-order valence-corrected chi connectivity index (χ2v) is 10.3. The zero-order valence-electron chi connectivity index (χ0n) is 16.8. The average Bonchev–Trinajstić information content (AvgIpc) is 2.74. The summed E-state index contributed by atoms with van der Waals surface area (Å²) < 4.78 is 27.8. The van der Waals surface area contributed by atoms with Crippen molar-refractivity contribution in [2.45, 2.75) is 16.7 Å². The normalized spacial score (nSPS) is 11.2. The van der Waals surface area contributed by atoms with E-state index in [4.69, 9.17) is 23.2 Å². The van der Waals surface area contributed by atoms with Crippen molar-refractivity contribution in [3.8, 4) is 0 Å². The second kappa shape index (κ2) is 9.96. The number of halogens is 2. The van der Waals surface area contributed by atoms with Gasteiger partial charge in [-0.25, -0.2) is 8.42 Å². The minimum Gasteiger partial charge on any atom is -0.324 e. The SMILES string of the molecule is CSc1cccc(NC(=O)CN(c2ccc(Cl)c(Cl)c2)S(=O)(=O)c2ccc(C)cc2)c1. The summed E-state index contributed by atoms with van der Waals surface area (Å²) in [4.78, 5) is 13.8. The average molecular weight is 495 g/mol. The lowest BCUT2D eigenvalue weighted by molar-refractivity contribution is -0.114. The first-order valence-corrected chi connectivity index (χ1v) is 12.6. The number of anilines is 2. The summed E-state index contributed by atoms with van der Waals surface area (Å²) in [5, 5.41) is 3.24. The van der Waals surface area contributed by atoms with E-state index in [0.29, 0.717) is 5.69 Å². The largest absolute Gasteiger partial charge is 0.324 e. The van der Waals surface area contributed by atoms with Gasteiger partial charge in [0.15, 0.2) is 0 Å². The summed E-state index contributed by atoms with van der Waals surface area (Å²) in [5.41, 5.74) is 1.74. The van der Waals surface area contributed by atoms with Crippen LogP contribution in [0.5, 0.6) is 0 Å². The van der Waals surface area contributed by atoms with Crippen molar-refractivity contribution >= 4 is 62.3 Å². The first-order chi connectivity index (χ1) is 14.7. The Labute approximate surface area is 196 Å². The van der Waals surface area contributed by atoms with Crippen molar-refractivity contribution in [3.63, 3.8) is 0 Å². The number of nitrogens with one attached hydrogen (secondary N) is 1. The molecule has 0 atom stereocenters. The first kappa shape index (κ1) is 23.5. The molecule has 3 aromatic carbocycles. The van der Waals surface area contributed by atoms with Gasteiger partial charge in [-0.1, -0.05) is 47.0 Å². The van der Waals surface area contributed by atoms with Gasteiger partial charge in [0.2, 0.25) is 5.91 Å². The Kier molecular flexibility index (Phi) is 7.54. The third kappa shape index (κ3) is 5.74. The van der Waals surface area contributed by atoms with Gasteiger partial charge in [-0.2, -0.15) is 0 Å². The van der Waals surface area contributed by atoms with Gasteiger partial charge in [-0.3, -0.25) is 9.10 Å². The van der Waals surface area contributed by atoms with Crippen molar-refractivity contribution in [2.24, 2.45) is 0 Å². The van der Waals surface area contributed by atoms with Crippen molar-refractivity contribution in [1.82, 2.24) is 0 Å². The molecule has 0 aliphatic carbocycles. The standard InChI is InChI=1S/C22H20Cl2N2O3S2/c1-15-6-9-19(10-7-15)31(28,29)26(17-8-11-20(23)21(24)13-17)14-22(27)25-16-4-3-5-18(12-16)30-2/h3-13H,14H2,1-2H3,(H,25,27). The van der Waals surface area contributed by atoms with Crippen LogP contribution in [0.3, 0.4) is 0 Å². The summed E-state index contributed by atoms with van der Waals surface area (Å²) >= 11 is 13.7. The molecule has 0 fully saturated rings. The molecule has 9 heteroatoms. The van der Waals surface area contributed by atoms with Gasteiger partial charge in [0.25, 0.3) is 10.0 Å². The van der Waals surface area contributed by atoms with E-state index >= 15 is 0 Å². The third-order valence-electron chi connectivity index (χ3n) is 4.44. The molecule has 0 bridgehead atoms. The van der Waals surface area contributed by atoms with Crippen LogP contribution in [0.15, 0.2) is 76.5 Å². The van der Waals surface area contributed by atoms with E-state index < -0.39 is 22.5 Å². The van der Waals surface area contributed by atoms with Crippen LogP contribution in [0.4, 0.5) is 11.4 Å². The van der Waals surface area contributed by atoms with Gasteiger partial charge in [0, 0.05) is 10.6 Å². The Morgan fingerprint density at radius 2 is 1.71 bits per heavy atom. The summed E-state index contributed by atoms with van der Waals surface area (Å²) in [5.74, 6) is -0.486. The fourth-order valence-corrected chi connectivity index (χ4v) is 4.99. The zero-order chi connectivity index (χ0) is 22.6. The number of sulfonamides is 1. The summed E-state index contributed by atoms with van der Waals surface area (Å²) in [6.07, 6.45) is 1.93. The maximum Gasteiger partial charge on any atom is 0.264 e. The molecule has 0 aliphatic rings. The molecule has 162 valence electrons. The molecule has 3 aromatic rings. The van der Waals surface area contributed by atoms with E-state index in [9.17, 15) is 13.2 Å². The second-order valence-electron chi connectivity index (χ2n) is 6.70. The van der Waals surface area contributed by atoms with Crippen molar-refractivity contribution < 1.29 is 13.2 Å². The van der Waals surface area contributed by atoms with E-state index in [1.165, 1.54) is 30.3 Å². The molecule has 3 rings (SSSR count). The number of aryl methyl sites for hydroxylation is 1. The van der Waals surface area contributed by atoms with Gasteiger partial charge in [0.05, 0.1) is 20.6 Å². The first-order valence-electron chi connectivity index (χ1n) is 9.19. The predicted octanol–water partition coefficient (Wildman–Crippen LogP) is 5.86. The van der Waals surface area contributed by atoms with Crippen molar-refractivity contribution in [2.75, 3.05) is 22.4 Å². The van der Waals surface area contributed by atoms with Gasteiger partial charge in [0.1, 0.15) is 6.54 Å². The molecule has 5 nitrogen and oxygen atoms in total. The molecule has 0 heterocycles. The van der Waals surface area contributed by atoms with Crippen LogP contribution in [0.25, 0.3) is 0 Å². The summed E-state index contributed by atoms with van der Waals surface area (Å²) in [6, 6.07) is 18.2. The monoisotopic (exact) mass is 494 g/mol. The number of nitrogens with zero attached hydrogens (tertiary/aromatic N) is 1. The van der Waals surface area contributed by atoms with E-state index in [0.717, 1.165) is 14.8 Å². The van der Waals surface area contributed by atoms with Gasteiger partial charge in [-0.15, -0.1) is 11.8 Å². The highest BCUT2D eigenvalue weighted by Crippen LogP contribution is 2.30. The van der Waals surface area contributed by atoms with Crippen molar-refractivity contribution in [1.29, 1.82) is 0 Å². The Morgan fingerprint density at radius 3 is 2.35 bits per heavy atom. The van der Waals surface area contributed by atoms with E-state index in [1.54, 1.807) is 30.0 Å². The minimum atomic E-state index is -4.03. The van der Waals surface area contributed by atoms with E-state index in [1.807, 2.05) is 31.4 Å². The number of hydrogen-bond acceptors (Lipinski definition) is 4.